The molecule has 0 radical (unpaired) electrons. The van der Waals surface area contributed by atoms with Crippen molar-refractivity contribution in [3.05, 3.63) is 52.2 Å². The standard InChI is InChI=1S/C19H20ClN3O3S/c1-4-23(11-17-21-18(22-26-17)16-6-5-9-27-16)19(24)13(3)25-14-7-8-15(20)12(2)10-14/h5-10,13H,4,11H2,1-3H3/t13-/m0/s1. The number of aromatic nitrogens is 2. The lowest BCUT2D eigenvalue weighted by molar-refractivity contribution is -0.138. The van der Waals surface area contributed by atoms with Crippen molar-refractivity contribution in [1.29, 1.82) is 0 Å². The fraction of sp³-hybridized carbons (Fsp3) is 0.316. The van der Waals surface area contributed by atoms with E-state index in [0.717, 1.165) is 10.4 Å². The van der Waals surface area contributed by atoms with E-state index < -0.39 is 6.10 Å². The third-order valence-corrected chi connectivity index (χ3v) is 5.31. The third kappa shape index (κ3) is 4.67. The molecule has 8 heteroatoms. The van der Waals surface area contributed by atoms with E-state index in [1.54, 1.807) is 24.0 Å². The fourth-order valence-electron chi connectivity index (χ4n) is 2.54. The minimum absolute atomic E-state index is 0.152. The topological polar surface area (TPSA) is 68.5 Å². The Morgan fingerprint density at radius 1 is 1.41 bits per heavy atom. The molecule has 3 rings (SSSR count). The zero-order valence-electron chi connectivity index (χ0n) is 15.3. The average molecular weight is 406 g/mol. The first-order valence-corrected chi connectivity index (χ1v) is 9.81. The summed E-state index contributed by atoms with van der Waals surface area (Å²) in [7, 11) is 0. The Bertz CT molecular complexity index is 911. The van der Waals surface area contributed by atoms with Crippen LogP contribution in [-0.4, -0.2) is 33.6 Å². The van der Waals surface area contributed by atoms with E-state index in [4.69, 9.17) is 20.9 Å². The summed E-state index contributed by atoms with van der Waals surface area (Å²) in [5, 5.41) is 6.59. The summed E-state index contributed by atoms with van der Waals surface area (Å²) in [5.74, 6) is 1.38. The van der Waals surface area contributed by atoms with Crippen LogP contribution in [0.4, 0.5) is 0 Å². The minimum Gasteiger partial charge on any atom is -0.481 e. The maximum Gasteiger partial charge on any atom is 0.263 e. The normalized spacial score (nSPS) is 12.0. The van der Waals surface area contributed by atoms with Gasteiger partial charge in [-0.3, -0.25) is 4.79 Å². The Morgan fingerprint density at radius 3 is 2.89 bits per heavy atom. The van der Waals surface area contributed by atoms with Crippen LogP contribution < -0.4 is 4.74 Å². The Morgan fingerprint density at radius 2 is 2.22 bits per heavy atom. The molecule has 0 aliphatic carbocycles. The van der Waals surface area contributed by atoms with Gasteiger partial charge in [-0.2, -0.15) is 4.98 Å². The molecule has 6 nitrogen and oxygen atoms in total. The number of aryl methyl sites for hydroxylation is 1. The molecular weight excluding hydrogens is 386 g/mol. The van der Waals surface area contributed by atoms with Crippen LogP contribution in [0.2, 0.25) is 5.02 Å². The number of carbonyl (C=O) groups excluding carboxylic acids is 1. The van der Waals surface area contributed by atoms with E-state index in [1.807, 2.05) is 37.4 Å². The molecule has 0 saturated carbocycles. The van der Waals surface area contributed by atoms with Crippen LogP contribution in [0.3, 0.4) is 0 Å². The first-order chi connectivity index (χ1) is 13.0. The summed E-state index contributed by atoms with van der Waals surface area (Å²) in [4.78, 5) is 19.7. The van der Waals surface area contributed by atoms with Crippen molar-refractivity contribution in [2.24, 2.45) is 0 Å². The Hall–Kier alpha value is -2.38. The van der Waals surface area contributed by atoms with E-state index in [-0.39, 0.29) is 12.5 Å². The molecule has 0 bridgehead atoms. The summed E-state index contributed by atoms with van der Waals surface area (Å²) in [6.07, 6.45) is -0.648. The summed E-state index contributed by atoms with van der Waals surface area (Å²) >= 11 is 7.56. The number of carbonyl (C=O) groups is 1. The second kappa shape index (κ2) is 8.54. The van der Waals surface area contributed by atoms with Crippen LogP contribution in [0.1, 0.15) is 25.3 Å². The maximum atomic E-state index is 12.8. The third-order valence-electron chi connectivity index (χ3n) is 4.02. The van der Waals surface area contributed by atoms with Gasteiger partial charge < -0.3 is 14.2 Å². The average Bonchev–Trinajstić information content (AvgIpc) is 3.33. The van der Waals surface area contributed by atoms with Gasteiger partial charge in [-0.05, 0) is 56.0 Å². The first-order valence-electron chi connectivity index (χ1n) is 8.56. The molecule has 2 heterocycles. The van der Waals surface area contributed by atoms with Crippen molar-refractivity contribution in [2.45, 2.75) is 33.4 Å². The van der Waals surface area contributed by atoms with Crippen LogP contribution in [0.15, 0.2) is 40.2 Å². The highest BCUT2D eigenvalue weighted by Crippen LogP contribution is 2.23. The van der Waals surface area contributed by atoms with Crippen molar-refractivity contribution in [1.82, 2.24) is 15.0 Å². The van der Waals surface area contributed by atoms with E-state index in [9.17, 15) is 4.79 Å². The SMILES string of the molecule is CCN(Cc1nc(-c2cccs2)no1)C(=O)[C@H](C)Oc1ccc(Cl)c(C)c1. The number of likely N-dealkylation sites (N-methyl/N-ethyl adjacent to an activating group) is 1. The van der Waals surface area contributed by atoms with Crippen molar-refractivity contribution >= 4 is 28.8 Å². The number of hydrogen-bond donors (Lipinski definition) is 0. The lowest BCUT2D eigenvalue weighted by Crippen LogP contribution is -2.40. The first kappa shape index (κ1) is 19.4. The minimum atomic E-state index is -0.648. The molecule has 0 unspecified atom stereocenters. The summed E-state index contributed by atoms with van der Waals surface area (Å²) in [5.41, 5.74) is 0.896. The van der Waals surface area contributed by atoms with Crippen LogP contribution in [0, 0.1) is 6.92 Å². The molecule has 2 aromatic heterocycles. The molecule has 142 valence electrons. The van der Waals surface area contributed by atoms with E-state index in [1.165, 1.54) is 11.3 Å². The van der Waals surface area contributed by atoms with Crippen LogP contribution in [0.5, 0.6) is 5.75 Å². The van der Waals surface area contributed by atoms with Gasteiger partial charge in [-0.25, -0.2) is 0 Å². The van der Waals surface area contributed by atoms with Gasteiger partial charge in [0.2, 0.25) is 11.7 Å². The predicted molar refractivity (Wildman–Crippen MR) is 105 cm³/mol. The van der Waals surface area contributed by atoms with Gasteiger partial charge in [0, 0.05) is 11.6 Å². The summed E-state index contributed by atoms with van der Waals surface area (Å²) in [6.45, 7) is 6.25. The lowest BCUT2D eigenvalue weighted by Gasteiger charge is -2.23. The highest BCUT2D eigenvalue weighted by atomic mass is 35.5. The number of benzene rings is 1. The monoisotopic (exact) mass is 405 g/mol. The number of amides is 1. The van der Waals surface area contributed by atoms with Crippen LogP contribution in [0.25, 0.3) is 10.7 Å². The van der Waals surface area contributed by atoms with Gasteiger partial charge in [0.25, 0.3) is 5.91 Å². The van der Waals surface area contributed by atoms with Crippen molar-refractivity contribution in [3.8, 4) is 16.5 Å². The summed E-state index contributed by atoms with van der Waals surface area (Å²) < 4.78 is 11.1. The number of rotatable bonds is 7. The molecule has 0 aliphatic rings. The number of nitrogens with zero attached hydrogens (tertiary/aromatic N) is 3. The zero-order chi connectivity index (χ0) is 19.4. The van der Waals surface area contributed by atoms with Crippen molar-refractivity contribution in [3.63, 3.8) is 0 Å². The number of thiophene rings is 1. The number of ether oxygens (including phenoxy) is 1. The van der Waals surface area contributed by atoms with Gasteiger partial charge in [-0.1, -0.05) is 22.8 Å². The maximum absolute atomic E-state index is 12.8. The molecule has 3 aromatic rings. The second-order valence-corrected chi connectivity index (χ2v) is 7.37. The number of halogens is 1. The number of hydrogen-bond acceptors (Lipinski definition) is 6. The van der Waals surface area contributed by atoms with Crippen molar-refractivity contribution < 1.29 is 14.1 Å². The molecular formula is C19H20ClN3O3S. The van der Waals surface area contributed by atoms with Crippen LogP contribution in [-0.2, 0) is 11.3 Å². The molecule has 1 atom stereocenters. The second-order valence-electron chi connectivity index (χ2n) is 6.01. The van der Waals surface area contributed by atoms with Gasteiger partial charge >= 0.3 is 0 Å². The molecule has 0 N–H and O–H groups in total. The Labute approximate surface area is 166 Å². The Kier molecular flexibility index (Phi) is 6.13. The van der Waals surface area contributed by atoms with E-state index in [2.05, 4.69) is 10.1 Å². The van der Waals surface area contributed by atoms with Gasteiger partial charge in [-0.15, -0.1) is 11.3 Å². The molecule has 0 aliphatic heterocycles. The van der Waals surface area contributed by atoms with Crippen molar-refractivity contribution in [2.75, 3.05) is 6.54 Å². The van der Waals surface area contributed by atoms with Crippen LogP contribution >= 0.6 is 22.9 Å². The predicted octanol–water partition coefficient (Wildman–Crippen LogP) is 4.58. The highest BCUT2D eigenvalue weighted by Gasteiger charge is 2.23. The highest BCUT2D eigenvalue weighted by molar-refractivity contribution is 7.13. The van der Waals surface area contributed by atoms with Gasteiger partial charge in [0.05, 0.1) is 4.88 Å². The molecule has 27 heavy (non-hydrogen) atoms. The Balaban J connectivity index is 1.65. The van der Waals surface area contributed by atoms with Gasteiger partial charge in [0.15, 0.2) is 6.10 Å². The quantitative estimate of drug-likeness (QED) is 0.575. The van der Waals surface area contributed by atoms with E-state index in [0.29, 0.717) is 29.0 Å². The molecule has 0 spiro atoms. The fourth-order valence-corrected chi connectivity index (χ4v) is 3.30. The zero-order valence-corrected chi connectivity index (χ0v) is 16.9. The lowest BCUT2D eigenvalue weighted by atomic mass is 10.2. The smallest absolute Gasteiger partial charge is 0.263 e. The van der Waals surface area contributed by atoms with E-state index >= 15 is 0 Å². The largest absolute Gasteiger partial charge is 0.481 e. The molecule has 1 aromatic carbocycles. The van der Waals surface area contributed by atoms with Gasteiger partial charge in [0.1, 0.15) is 12.3 Å². The molecule has 0 fully saturated rings. The summed E-state index contributed by atoms with van der Waals surface area (Å²) in [6, 6.07) is 9.17. The molecule has 1 amide bonds. The molecule has 0 saturated heterocycles.